The number of fused-ring (bicyclic) bond motifs is 1. The highest BCUT2D eigenvalue weighted by molar-refractivity contribution is 6.35. The van der Waals surface area contributed by atoms with E-state index < -0.39 is 0 Å². The second-order valence-corrected chi connectivity index (χ2v) is 7.81. The first kappa shape index (κ1) is 20.5. The summed E-state index contributed by atoms with van der Waals surface area (Å²) in [4.78, 5) is 16.4. The van der Waals surface area contributed by atoms with E-state index in [9.17, 15) is 4.79 Å². The lowest BCUT2D eigenvalue weighted by Crippen LogP contribution is -2.14. The summed E-state index contributed by atoms with van der Waals surface area (Å²) in [6.07, 6.45) is 7.01. The van der Waals surface area contributed by atoms with Crippen molar-refractivity contribution in [3.63, 3.8) is 0 Å². The van der Waals surface area contributed by atoms with Gasteiger partial charge < -0.3 is 13.9 Å². The average molecular weight is 426 g/mol. The third-order valence-corrected chi connectivity index (χ3v) is 5.68. The first-order valence-electron chi connectivity index (χ1n) is 10.2. The van der Waals surface area contributed by atoms with Gasteiger partial charge in [0.1, 0.15) is 12.2 Å². The van der Waals surface area contributed by atoms with Crippen LogP contribution in [0.3, 0.4) is 0 Å². The minimum absolute atomic E-state index is 0.110. The lowest BCUT2D eigenvalue weighted by molar-refractivity contribution is -0.144. The zero-order valence-electron chi connectivity index (χ0n) is 16.9. The topological polar surface area (TPSA) is 61.6 Å². The van der Waals surface area contributed by atoms with E-state index in [0.29, 0.717) is 36.5 Å². The van der Waals surface area contributed by atoms with Crippen molar-refractivity contribution in [1.82, 2.24) is 4.98 Å². The highest BCUT2D eigenvalue weighted by Crippen LogP contribution is 2.32. The van der Waals surface area contributed by atoms with E-state index in [1.165, 1.54) is 5.57 Å². The normalized spacial score (nSPS) is 16.3. The van der Waals surface area contributed by atoms with E-state index in [1.807, 2.05) is 43.3 Å². The molecule has 4 rings (SSSR count). The maximum absolute atomic E-state index is 11.7. The molecule has 2 heterocycles. The average Bonchev–Trinajstić information content (AvgIpc) is 3.25. The van der Waals surface area contributed by atoms with Crippen molar-refractivity contribution < 1.29 is 18.7 Å². The van der Waals surface area contributed by atoms with Crippen molar-refractivity contribution in [1.29, 1.82) is 0 Å². The number of hydrogen-bond donors (Lipinski definition) is 0. The van der Waals surface area contributed by atoms with Gasteiger partial charge in [0.15, 0.2) is 0 Å². The summed E-state index contributed by atoms with van der Waals surface area (Å²) >= 11 is 6.20. The van der Waals surface area contributed by atoms with Gasteiger partial charge in [-0.15, -0.1) is 0 Å². The number of allylic oxidation sites excluding steroid dienone is 2. The third kappa shape index (κ3) is 4.68. The van der Waals surface area contributed by atoms with Gasteiger partial charge in [-0.25, -0.2) is 4.98 Å². The molecule has 1 unspecified atom stereocenters. The van der Waals surface area contributed by atoms with Crippen LogP contribution in [-0.4, -0.2) is 17.6 Å². The third-order valence-electron chi connectivity index (χ3n) is 5.35. The molecule has 5 nitrogen and oxygen atoms in total. The maximum Gasteiger partial charge on any atom is 0.306 e. The molecule has 30 heavy (non-hydrogen) atoms. The monoisotopic (exact) mass is 425 g/mol. The molecule has 0 radical (unpaired) electrons. The molecule has 0 spiro atoms. The van der Waals surface area contributed by atoms with Gasteiger partial charge in [-0.05, 0) is 55.9 Å². The Morgan fingerprint density at radius 1 is 1.27 bits per heavy atom. The van der Waals surface area contributed by atoms with E-state index in [-0.39, 0.29) is 5.97 Å². The number of ether oxygens (including phenoxy) is 2. The molecule has 3 aromatic rings. The molecule has 2 aromatic heterocycles. The van der Waals surface area contributed by atoms with Crippen molar-refractivity contribution >= 4 is 34.1 Å². The standard InChI is InChI=1S/C24H24ClNO4/c1-2-28-23(27)14-16-6-8-17(9-7-16)21-4-3-5-22(26-21)30-15-18-10-11-20(25)19-12-13-29-24(18)19/h3-5,8,10-13,16H,2,6-7,9,14-15H2,1H3. The van der Waals surface area contributed by atoms with Crippen molar-refractivity contribution in [2.45, 2.75) is 39.2 Å². The van der Waals surface area contributed by atoms with Crippen molar-refractivity contribution in [3.8, 4) is 5.88 Å². The predicted octanol–water partition coefficient (Wildman–Crippen LogP) is 6.20. The molecular weight excluding hydrogens is 402 g/mol. The zero-order chi connectivity index (χ0) is 20.9. The van der Waals surface area contributed by atoms with Crippen LogP contribution in [0.2, 0.25) is 5.02 Å². The number of carbonyl (C=O) groups excluding carboxylic acids is 1. The summed E-state index contributed by atoms with van der Waals surface area (Å²) in [7, 11) is 0. The van der Waals surface area contributed by atoms with Crippen LogP contribution >= 0.6 is 11.6 Å². The van der Waals surface area contributed by atoms with Crippen LogP contribution in [0.15, 0.2) is 53.2 Å². The lowest BCUT2D eigenvalue weighted by Gasteiger charge is -2.21. The summed E-state index contributed by atoms with van der Waals surface area (Å²) in [6.45, 7) is 2.62. The van der Waals surface area contributed by atoms with Crippen molar-refractivity contribution in [3.05, 3.63) is 65.0 Å². The molecule has 0 fully saturated rings. The van der Waals surface area contributed by atoms with Gasteiger partial charge in [-0.1, -0.05) is 29.8 Å². The second kappa shape index (κ2) is 9.35. The van der Waals surface area contributed by atoms with E-state index in [4.69, 9.17) is 25.5 Å². The zero-order valence-corrected chi connectivity index (χ0v) is 17.7. The molecule has 0 bridgehead atoms. The Balaban J connectivity index is 1.41. The van der Waals surface area contributed by atoms with Gasteiger partial charge in [0.2, 0.25) is 5.88 Å². The Hall–Kier alpha value is -2.79. The van der Waals surface area contributed by atoms with Crippen LogP contribution in [-0.2, 0) is 16.1 Å². The molecular formula is C24H24ClNO4. The van der Waals surface area contributed by atoms with Crippen LogP contribution in [0.25, 0.3) is 16.5 Å². The van der Waals surface area contributed by atoms with Gasteiger partial charge in [0, 0.05) is 23.4 Å². The number of nitrogens with zero attached hydrogens (tertiary/aromatic N) is 1. The highest BCUT2D eigenvalue weighted by Gasteiger charge is 2.20. The number of carbonyl (C=O) groups is 1. The van der Waals surface area contributed by atoms with E-state index >= 15 is 0 Å². The number of esters is 1. The Morgan fingerprint density at radius 3 is 2.97 bits per heavy atom. The molecule has 1 atom stereocenters. The summed E-state index contributed by atoms with van der Waals surface area (Å²) in [5.41, 5.74) is 3.77. The Kier molecular flexibility index (Phi) is 6.38. The Bertz CT molecular complexity index is 1070. The number of furan rings is 1. The van der Waals surface area contributed by atoms with Crippen molar-refractivity contribution in [2.75, 3.05) is 6.61 Å². The van der Waals surface area contributed by atoms with Gasteiger partial charge in [-0.3, -0.25) is 4.79 Å². The number of aromatic nitrogens is 1. The number of rotatable bonds is 7. The molecule has 1 aliphatic rings. The summed E-state index contributed by atoms with van der Waals surface area (Å²) < 4.78 is 16.6. The first-order valence-corrected chi connectivity index (χ1v) is 10.6. The molecule has 1 aromatic carbocycles. The van der Waals surface area contributed by atoms with Gasteiger partial charge >= 0.3 is 5.97 Å². The molecule has 156 valence electrons. The van der Waals surface area contributed by atoms with Crippen LogP contribution in [0.1, 0.15) is 43.9 Å². The fourth-order valence-electron chi connectivity index (χ4n) is 3.79. The van der Waals surface area contributed by atoms with E-state index in [2.05, 4.69) is 11.1 Å². The van der Waals surface area contributed by atoms with Gasteiger partial charge in [0.25, 0.3) is 0 Å². The summed E-state index contributed by atoms with van der Waals surface area (Å²) in [5.74, 6) is 0.797. The molecule has 0 amide bonds. The molecule has 0 N–H and O–H groups in total. The summed E-state index contributed by atoms with van der Waals surface area (Å²) in [5, 5.41) is 1.54. The molecule has 0 aliphatic heterocycles. The molecule has 0 saturated carbocycles. The molecule has 0 saturated heterocycles. The fourth-order valence-corrected chi connectivity index (χ4v) is 4.00. The maximum atomic E-state index is 11.7. The van der Waals surface area contributed by atoms with Crippen molar-refractivity contribution in [2.24, 2.45) is 5.92 Å². The minimum Gasteiger partial charge on any atom is -0.473 e. The van der Waals surface area contributed by atoms with Gasteiger partial charge in [-0.2, -0.15) is 0 Å². The smallest absolute Gasteiger partial charge is 0.306 e. The van der Waals surface area contributed by atoms with E-state index in [0.717, 1.165) is 41.5 Å². The largest absolute Gasteiger partial charge is 0.473 e. The lowest BCUT2D eigenvalue weighted by atomic mass is 9.86. The highest BCUT2D eigenvalue weighted by atomic mass is 35.5. The first-order chi connectivity index (χ1) is 14.6. The van der Waals surface area contributed by atoms with E-state index in [1.54, 1.807) is 6.26 Å². The molecule has 1 aliphatic carbocycles. The minimum atomic E-state index is -0.110. The predicted molar refractivity (Wildman–Crippen MR) is 116 cm³/mol. The molecule has 6 heteroatoms. The fraction of sp³-hybridized carbons (Fsp3) is 0.333. The quantitative estimate of drug-likeness (QED) is 0.422. The Labute approximate surface area is 180 Å². The SMILES string of the molecule is CCOC(=O)CC1CC=C(c2cccc(OCc3ccc(Cl)c4ccoc34)n2)CC1. The van der Waals surface area contributed by atoms with Crippen LogP contribution < -0.4 is 4.74 Å². The van der Waals surface area contributed by atoms with Crippen LogP contribution in [0, 0.1) is 5.92 Å². The van der Waals surface area contributed by atoms with Crippen LogP contribution in [0.5, 0.6) is 5.88 Å². The number of pyridine rings is 1. The number of hydrogen-bond acceptors (Lipinski definition) is 5. The Morgan fingerprint density at radius 2 is 2.17 bits per heavy atom. The summed E-state index contributed by atoms with van der Waals surface area (Å²) in [6, 6.07) is 11.4. The number of benzene rings is 1. The van der Waals surface area contributed by atoms with Gasteiger partial charge in [0.05, 0.1) is 23.6 Å². The second-order valence-electron chi connectivity index (χ2n) is 7.40. The number of halogens is 1. The van der Waals surface area contributed by atoms with Crippen LogP contribution in [0.4, 0.5) is 0 Å².